The quantitative estimate of drug-likeness (QED) is 0.850. The summed E-state index contributed by atoms with van der Waals surface area (Å²) >= 11 is 13.3. The van der Waals surface area contributed by atoms with Crippen molar-refractivity contribution in [1.29, 1.82) is 0 Å². The minimum Gasteiger partial charge on any atom is -0.299 e. The highest BCUT2D eigenvalue weighted by molar-refractivity contribution is 7.09. The Labute approximate surface area is 120 Å². The largest absolute Gasteiger partial charge is 0.299 e. The topological polar surface area (TPSA) is 30.0 Å². The minimum atomic E-state index is 0.124. The molecule has 0 amide bonds. The fourth-order valence-electron chi connectivity index (χ4n) is 1.63. The lowest BCUT2D eigenvalue weighted by Gasteiger charge is -2.02. The van der Waals surface area contributed by atoms with E-state index in [1.807, 2.05) is 18.4 Å². The Bertz CT molecular complexity index is 580. The van der Waals surface area contributed by atoms with E-state index in [1.54, 1.807) is 23.5 Å². The van der Waals surface area contributed by atoms with Crippen LogP contribution in [0.15, 0.2) is 23.6 Å². The number of Topliss-reactive ketones (excluding diaryl/α,β-unsaturated/α-hetero) is 1. The lowest BCUT2D eigenvalue weighted by Crippen LogP contribution is -2.06. The van der Waals surface area contributed by atoms with Crippen molar-refractivity contribution in [3.63, 3.8) is 0 Å². The Balaban J connectivity index is 2.00. The number of carbonyl (C=O) groups is 1. The number of nitrogens with zero attached hydrogens (tertiary/aromatic N) is 1. The second kappa shape index (κ2) is 5.83. The number of aromatic nitrogens is 1. The normalized spacial score (nSPS) is 10.6. The van der Waals surface area contributed by atoms with E-state index in [-0.39, 0.29) is 5.78 Å². The summed E-state index contributed by atoms with van der Waals surface area (Å²) in [5, 5.41) is 3.88. The van der Waals surface area contributed by atoms with Crippen LogP contribution < -0.4 is 0 Å². The van der Waals surface area contributed by atoms with Gasteiger partial charge < -0.3 is 0 Å². The highest BCUT2D eigenvalue weighted by Crippen LogP contribution is 2.23. The summed E-state index contributed by atoms with van der Waals surface area (Å²) in [4.78, 5) is 16.2. The Morgan fingerprint density at radius 3 is 2.67 bits per heavy atom. The van der Waals surface area contributed by atoms with Gasteiger partial charge in [0.05, 0.1) is 20.7 Å². The zero-order chi connectivity index (χ0) is 13.1. The summed E-state index contributed by atoms with van der Waals surface area (Å²) in [7, 11) is 0. The molecule has 94 valence electrons. The molecular weight excluding hydrogens is 289 g/mol. The van der Waals surface area contributed by atoms with Gasteiger partial charge in [-0.2, -0.15) is 0 Å². The van der Waals surface area contributed by atoms with Gasteiger partial charge in [0.1, 0.15) is 5.78 Å². The van der Waals surface area contributed by atoms with Crippen molar-refractivity contribution in [2.24, 2.45) is 0 Å². The lowest BCUT2D eigenvalue weighted by atomic mass is 10.1. The van der Waals surface area contributed by atoms with Gasteiger partial charge in [-0.1, -0.05) is 29.3 Å². The molecule has 0 aliphatic rings. The van der Waals surface area contributed by atoms with Crippen LogP contribution in [-0.2, 0) is 17.6 Å². The summed E-state index contributed by atoms with van der Waals surface area (Å²) in [6, 6.07) is 5.26. The molecule has 1 aromatic carbocycles. The monoisotopic (exact) mass is 299 g/mol. The lowest BCUT2D eigenvalue weighted by molar-refractivity contribution is -0.117. The molecule has 5 heteroatoms. The molecule has 0 saturated heterocycles. The van der Waals surface area contributed by atoms with Crippen molar-refractivity contribution < 1.29 is 4.79 Å². The summed E-state index contributed by atoms with van der Waals surface area (Å²) < 4.78 is 0. The first-order valence-electron chi connectivity index (χ1n) is 5.41. The van der Waals surface area contributed by atoms with Gasteiger partial charge in [0.15, 0.2) is 0 Å². The second-order valence-corrected chi connectivity index (χ2v) is 5.88. The molecule has 0 aliphatic heterocycles. The molecule has 0 N–H and O–H groups in total. The van der Waals surface area contributed by atoms with Crippen LogP contribution in [0.4, 0.5) is 0 Å². The number of rotatable bonds is 4. The molecule has 2 aromatic rings. The number of carbonyl (C=O) groups excluding carboxylic acids is 1. The highest BCUT2D eigenvalue weighted by Gasteiger charge is 2.09. The SMILES string of the molecule is Cc1nc(CC(=O)Cc2ccc(Cl)c(Cl)c2)cs1. The number of ketones is 1. The van der Waals surface area contributed by atoms with E-state index in [9.17, 15) is 4.79 Å². The standard InChI is InChI=1S/C13H11Cl2NOS/c1-8-16-10(7-18-8)6-11(17)4-9-2-3-12(14)13(15)5-9/h2-3,5,7H,4,6H2,1H3. The van der Waals surface area contributed by atoms with Crippen LogP contribution in [0.5, 0.6) is 0 Å². The smallest absolute Gasteiger partial charge is 0.143 e. The molecule has 2 rings (SSSR count). The van der Waals surface area contributed by atoms with E-state index in [2.05, 4.69) is 4.98 Å². The highest BCUT2D eigenvalue weighted by atomic mass is 35.5. The van der Waals surface area contributed by atoms with E-state index < -0.39 is 0 Å². The van der Waals surface area contributed by atoms with Crippen LogP contribution in [0, 0.1) is 6.92 Å². The van der Waals surface area contributed by atoms with Crippen molar-refractivity contribution in [2.45, 2.75) is 19.8 Å². The average Bonchev–Trinajstić information content (AvgIpc) is 2.69. The van der Waals surface area contributed by atoms with Gasteiger partial charge >= 0.3 is 0 Å². The molecule has 1 heterocycles. The first-order chi connectivity index (χ1) is 8.54. The van der Waals surface area contributed by atoms with Crippen LogP contribution >= 0.6 is 34.5 Å². The van der Waals surface area contributed by atoms with E-state index in [0.717, 1.165) is 16.3 Å². The third-order valence-corrected chi connectivity index (χ3v) is 3.99. The first-order valence-corrected chi connectivity index (χ1v) is 7.05. The average molecular weight is 300 g/mol. The van der Waals surface area contributed by atoms with Crippen LogP contribution in [0.2, 0.25) is 10.0 Å². The predicted molar refractivity (Wildman–Crippen MR) is 75.7 cm³/mol. The number of thiazole rings is 1. The summed E-state index contributed by atoms with van der Waals surface area (Å²) in [6.45, 7) is 1.93. The number of halogens is 2. The van der Waals surface area contributed by atoms with E-state index in [4.69, 9.17) is 23.2 Å². The van der Waals surface area contributed by atoms with Crippen molar-refractivity contribution in [1.82, 2.24) is 4.98 Å². The van der Waals surface area contributed by atoms with Gasteiger partial charge in [0.25, 0.3) is 0 Å². The van der Waals surface area contributed by atoms with Crippen LogP contribution in [0.25, 0.3) is 0 Å². The molecule has 1 aromatic heterocycles. The Hall–Kier alpha value is -0.900. The van der Waals surface area contributed by atoms with Crippen molar-refractivity contribution >= 4 is 40.3 Å². The Morgan fingerprint density at radius 1 is 1.28 bits per heavy atom. The Kier molecular flexibility index (Phi) is 4.38. The molecule has 0 atom stereocenters. The fourth-order valence-corrected chi connectivity index (χ4v) is 2.56. The van der Waals surface area contributed by atoms with Gasteiger partial charge in [-0.3, -0.25) is 4.79 Å². The van der Waals surface area contributed by atoms with Gasteiger partial charge in [-0.05, 0) is 24.6 Å². The Morgan fingerprint density at radius 2 is 2.06 bits per heavy atom. The molecule has 0 unspecified atom stereocenters. The molecular formula is C13H11Cl2NOS. The van der Waals surface area contributed by atoms with Crippen molar-refractivity contribution in [2.75, 3.05) is 0 Å². The summed E-state index contributed by atoms with van der Waals surface area (Å²) in [5.41, 5.74) is 1.71. The van der Waals surface area contributed by atoms with E-state index >= 15 is 0 Å². The molecule has 18 heavy (non-hydrogen) atoms. The van der Waals surface area contributed by atoms with Gasteiger partial charge in [0.2, 0.25) is 0 Å². The third kappa shape index (κ3) is 3.55. The predicted octanol–water partition coefficient (Wildman–Crippen LogP) is 4.11. The van der Waals surface area contributed by atoms with Crippen molar-refractivity contribution in [3.05, 3.63) is 49.9 Å². The fraction of sp³-hybridized carbons (Fsp3) is 0.231. The molecule has 0 bridgehead atoms. The molecule has 0 spiro atoms. The van der Waals surface area contributed by atoms with E-state index in [0.29, 0.717) is 22.9 Å². The molecule has 2 nitrogen and oxygen atoms in total. The van der Waals surface area contributed by atoms with Crippen LogP contribution in [0.1, 0.15) is 16.3 Å². The molecule has 0 radical (unpaired) electrons. The number of aryl methyl sites for hydroxylation is 1. The third-order valence-electron chi connectivity index (χ3n) is 2.43. The maximum Gasteiger partial charge on any atom is 0.143 e. The molecule has 0 saturated carbocycles. The summed E-state index contributed by atoms with van der Waals surface area (Å²) in [5.74, 6) is 0.124. The zero-order valence-corrected chi connectivity index (χ0v) is 12.1. The van der Waals surface area contributed by atoms with E-state index in [1.165, 1.54) is 0 Å². The summed E-state index contributed by atoms with van der Waals surface area (Å²) in [6.07, 6.45) is 0.720. The van der Waals surface area contributed by atoms with Gasteiger partial charge in [-0.25, -0.2) is 4.98 Å². The van der Waals surface area contributed by atoms with Crippen LogP contribution in [0.3, 0.4) is 0 Å². The number of hydrogen-bond donors (Lipinski definition) is 0. The maximum atomic E-state index is 11.9. The molecule has 0 fully saturated rings. The number of benzene rings is 1. The number of hydrogen-bond acceptors (Lipinski definition) is 3. The second-order valence-electron chi connectivity index (χ2n) is 4.00. The maximum absolute atomic E-state index is 11.9. The van der Waals surface area contributed by atoms with Gasteiger partial charge in [0, 0.05) is 18.2 Å². The minimum absolute atomic E-state index is 0.124. The van der Waals surface area contributed by atoms with Crippen molar-refractivity contribution in [3.8, 4) is 0 Å². The first kappa shape index (κ1) is 13.5. The molecule has 0 aliphatic carbocycles. The van der Waals surface area contributed by atoms with Crippen LogP contribution in [-0.4, -0.2) is 10.8 Å². The zero-order valence-electron chi connectivity index (χ0n) is 9.74. The van der Waals surface area contributed by atoms with Gasteiger partial charge in [-0.15, -0.1) is 11.3 Å².